The fraction of sp³-hybridized carbons (Fsp3) is 0.263. The Hall–Kier alpha value is -2.40. The van der Waals surface area contributed by atoms with E-state index < -0.39 is 11.7 Å². The fourth-order valence-electron chi connectivity index (χ4n) is 2.05. The number of ether oxygens (including phenoxy) is 2. The van der Waals surface area contributed by atoms with Crippen LogP contribution in [-0.2, 0) is 4.74 Å². The van der Waals surface area contributed by atoms with E-state index in [2.05, 4.69) is 0 Å². The molecule has 2 rings (SSSR count). The van der Waals surface area contributed by atoms with Crippen LogP contribution in [0.1, 0.15) is 26.3 Å². The van der Waals surface area contributed by atoms with Crippen LogP contribution in [0.5, 0.6) is 5.75 Å². The molecular formula is C19H21NO3S. The second kappa shape index (κ2) is 7.45. The summed E-state index contributed by atoms with van der Waals surface area (Å²) in [7, 11) is 1.60. The van der Waals surface area contributed by atoms with E-state index in [0.717, 1.165) is 11.3 Å². The number of thiocarbonyl (C=S) groups is 1. The van der Waals surface area contributed by atoms with Crippen molar-refractivity contribution in [3.8, 4) is 5.75 Å². The molecule has 0 saturated heterocycles. The Labute approximate surface area is 148 Å². The van der Waals surface area contributed by atoms with Crippen LogP contribution in [-0.4, -0.2) is 23.8 Å². The first-order valence-corrected chi connectivity index (χ1v) is 7.99. The van der Waals surface area contributed by atoms with Gasteiger partial charge in [-0.25, -0.2) is 9.69 Å². The Morgan fingerprint density at radius 3 is 2.08 bits per heavy atom. The lowest BCUT2D eigenvalue weighted by Crippen LogP contribution is -2.40. The summed E-state index contributed by atoms with van der Waals surface area (Å²) in [5, 5.41) is 0. The molecule has 0 aliphatic rings. The summed E-state index contributed by atoms with van der Waals surface area (Å²) >= 11 is 5.55. The molecule has 2 aromatic carbocycles. The zero-order chi connectivity index (χ0) is 17.7. The van der Waals surface area contributed by atoms with Crippen molar-refractivity contribution in [2.75, 3.05) is 12.0 Å². The molecule has 126 valence electrons. The number of rotatable bonds is 3. The summed E-state index contributed by atoms with van der Waals surface area (Å²) < 4.78 is 10.7. The molecule has 4 nitrogen and oxygen atoms in total. The van der Waals surface area contributed by atoms with Gasteiger partial charge in [0.05, 0.1) is 12.8 Å². The van der Waals surface area contributed by atoms with Crippen molar-refractivity contribution in [1.29, 1.82) is 0 Å². The molecule has 5 heteroatoms. The molecule has 0 aromatic heterocycles. The predicted octanol–water partition coefficient (Wildman–Crippen LogP) is 4.81. The van der Waals surface area contributed by atoms with Crippen LogP contribution in [0.3, 0.4) is 0 Å². The minimum absolute atomic E-state index is 0.373. The molecule has 0 aliphatic carbocycles. The maximum absolute atomic E-state index is 12.7. The van der Waals surface area contributed by atoms with Gasteiger partial charge in [0.1, 0.15) is 16.3 Å². The molecule has 0 atom stereocenters. The number of amides is 1. The summed E-state index contributed by atoms with van der Waals surface area (Å²) in [6.07, 6.45) is -0.505. The van der Waals surface area contributed by atoms with Crippen LogP contribution in [0.2, 0.25) is 0 Å². The number of carbonyl (C=O) groups is 1. The van der Waals surface area contributed by atoms with Crippen molar-refractivity contribution in [3.05, 3.63) is 60.2 Å². The number of hydrogen-bond acceptors (Lipinski definition) is 4. The summed E-state index contributed by atoms with van der Waals surface area (Å²) in [5.41, 5.74) is 0.785. The molecule has 0 unspecified atom stereocenters. The van der Waals surface area contributed by atoms with Crippen molar-refractivity contribution in [1.82, 2.24) is 0 Å². The zero-order valence-corrected chi connectivity index (χ0v) is 15.1. The molecule has 1 amide bonds. The Morgan fingerprint density at radius 1 is 1.00 bits per heavy atom. The van der Waals surface area contributed by atoms with Crippen molar-refractivity contribution < 1.29 is 14.3 Å². The Kier molecular flexibility index (Phi) is 5.57. The molecule has 0 heterocycles. The van der Waals surface area contributed by atoms with Gasteiger partial charge in [-0.3, -0.25) is 0 Å². The lowest BCUT2D eigenvalue weighted by Gasteiger charge is -2.28. The van der Waals surface area contributed by atoms with Crippen LogP contribution >= 0.6 is 12.2 Å². The highest BCUT2D eigenvalue weighted by atomic mass is 32.1. The first-order chi connectivity index (χ1) is 11.3. The maximum Gasteiger partial charge on any atom is 0.420 e. The topological polar surface area (TPSA) is 38.8 Å². The molecule has 0 N–H and O–H groups in total. The fourth-order valence-corrected chi connectivity index (χ4v) is 2.37. The van der Waals surface area contributed by atoms with Crippen LogP contribution in [0, 0.1) is 0 Å². The predicted molar refractivity (Wildman–Crippen MR) is 99.8 cm³/mol. The first kappa shape index (κ1) is 17.9. The van der Waals surface area contributed by atoms with Crippen molar-refractivity contribution in [3.63, 3.8) is 0 Å². The Bertz CT molecular complexity index is 706. The van der Waals surface area contributed by atoms with Crippen molar-refractivity contribution in [2.24, 2.45) is 0 Å². The highest BCUT2D eigenvalue weighted by Gasteiger charge is 2.27. The molecule has 0 bridgehead atoms. The lowest BCUT2D eigenvalue weighted by molar-refractivity contribution is 0.0605. The number of hydrogen-bond donors (Lipinski definition) is 0. The third-order valence-corrected chi connectivity index (χ3v) is 3.55. The molecule has 0 saturated carbocycles. The second-order valence-corrected chi connectivity index (χ2v) is 6.57. The van der Waals surface area contributed by atoms with Gasteiger partial charge in [-0.2, -0.15) is 0 Å². The van der Waals surface area contributed by atoms with Gasteiger partial charge in [0.25, 0.3) is 0 Å². The Balaban J connectivity index is 2.37. The molecule has 0 aliphatic heterocycles. The first-order valence-electron chi connectivity index (χ1n) is 7.58. The van der Waals surface area contributed by atoms with E-state index >= 15 is 0 Å². The molecule has 0 radical (unpaired) electrons. The van der Waals surface area contributed by atoms with Gasteiger partial charge < -0.3 is 9.47 Å². The number of carbonyl (C=O) groups excluding carboxylic acids is 1. The normalized spacial score (nSPS) is 10.8. The van der Waals surface area contributed by atoms with E-state index in [4.69, 9.17) is 21.7 Å². The van der Waals surface area contributed by atoms with E-state index in [0.29, 0.717) is 10.7 Å². The average molecular weight is 343 g/mol. The summed E-state index contributed by atoms with van der Waals surface area (Å²) in [4.78, 5) is 14.5. The van der Waals surface area contributed by atoms with Crippen LogP contribution in [0.4, 0.5) is 10.5 Å². The monoisotopic (exact) mass is 343 g/mol. The second-order valence-electron chi connectivity index (χ2n) is 6.18. The molecule has 0 spiro atoms. The summed E-state index contributed by atoms with van der Waals surface area (Å²) in [6.45, 7) is 5.47. The van der Waals surface area contributed by atoms with Gasteiger partial charge in [-0.1, -0.05) is 30.4 Å². The number of benzene rings is 2. The van der Waals surface area contributed by atoms with E-state index in [-0.39, 0.29) is 0 Å². The van der Waals surface area contributed by atoms with E-state index in [1.807, 2.05) is 63.2 Å². The van der Waals surface area contributed by atoms with Gasteiger partial charge in [0.15, 0.2) is 0 Å². The van der Waals surface area contributed by atoms with Gasteiger partial charge in [-0.05, 0) is 57.2 Å². The molecular weight excluding hydrogens is 322 g/mol. The number of anilines is 1. The molecule has 24 heavy (non-hydrogen) atoms. The van der Waals surface area contributed by atoms with Crippen LogP contribution < -0.4 is 9.64 Å². The van der Waals surface area contributed by atoms with Gasteiger partial charge in [0.2, 0.25) is 0 Å². The third-order valence-electron chi connectivity index (χ3n) is 3.13. The Morgan fingerprint density at radius 2 is 1.58 bits per heavy atom. The minimum atomic E-state index is -0.611. The smallest absolute Gasteiger partial charge is 0.420 e. The van der Waals surface area contributed by atoms with E-state index in [9.17, 15) is 4.79 Å². The zero-order valence-electron chi connectivity index (χ0n) is 14.3. The number of methoxy groups -OCH3 is 1. The SMILES string of the molecule is COc1ccc(C(=S)N(C(=O)OC(C)(C)C)c2ccccc2)cc1. The van der Waals surface area contributed by atoms with Crippen LogP contribution in [0.15, 0.2) is 54.6 Å². The quantitative estimate of drug-likeness (QED) is 0.750. The van der Waals surface area contributed by atoms with E-state index in [1.54, 1.807) is 19.2 Å². The maximum atomic E-state index is 12.7. The highest BCUT2D eigenvalue weighted by Crippen LogP contribution is 2.22. The lowest BCUT2D eigenvalue weighted by atomic mass is 10.2. The summed E-state index contributed by atoms with van der Waals surface area (Å²) in [5.74, 6) is 0.727. The largest absolute Gasteiger partial charge is 0.497 e. The summed E-state index contributed by atoms with van der Waals surface area (Å²) in [6, 6.07) is 16.5. The third kappa shape index (κ3) is 4.55. The number of para-hydroxylation sites is 1. The molecule has 2 aromatic rings. The van der Waals surface area contributed by atoms with Crippen molar-refractivity contribution in [2.45, 2.75) is 26.4 Å². The van der Waals surface area contributed by atoms with Gasteiger partial charge in [0, 0.05) is 5.56 Å². The average Bonchev–Trinajstić information content (AvgIpc) is 2.54. The highest BCUT2D eigenvalue weighted by molar-refractivity contribution is 7.81. The van der Waals surface area contributed by atoms with Crippen molar-refractivity contribution >= 4 is 29.0 Å². The molecule has 0 fully saturated rings. The van der Waals surface area contributed by atoms with E-state index in [1.165, 1.54) is 4.90 Å². The van der Waals surface area contributed by atoms with Crippen LogP contribution in [0.25, 0.3) is 0 Å². The standard InChI is InChI=1S/C19H21NO3S/c1-19(2,3)23-18(21)20(15-8-6-5-7-9-15)17(24)14-10-12-16(22-4)13-11-14/h5-13H,1-4H3. The van der Waals surface area contributed by atoms with Gasteiger partial charge >= 0.3 is 6.09 Å². The minimum Gasteiger partial charge on any atom is -0.497 e. The number of nitrogens with zero attached hydrogens (tertiary/aromatic N) is 1. The van der Waals surface area contributed by atoms with Gasteiger partial charge in [-0.15, -0.1) is 0 Å².